The maximum atomic E-state index is 9.15. The molecule has 0 aromatic heterocycles. The molecule has 0 atom stereocenters. The Balaban J connectivity index is 3.05. The molecule has 0 spiro atoms. The molecule has 0 aliphatic rings. The standard InChI is InChI=1S/C10H13ClO3/c11-9-3-1-8(2-4-9)10(5-12,6-13)7-14/h1-4,12-14H,5-7H2. The molecule has 3 nitrogen and oxygen atoms in total. The van der Waals surface area contributed by atoms with Crippen molar-refractivity contribution < 1.29 is 15.3 Å². The number of benzene rings is 1. The van der Waals surface area contributed by atoms with E-state index in [9.17, 15) is 0 Å². The normalized spacial score (nSPS) is 11.7. The Morgan fingerprint density at radius 3 is 1.71 bits per heavy atom. The van der Waals surface area contributed by atoms with Crippen LogP contribution in [0, 0.1) is 0 Å². The molecule has 1 aromatic rings. The number of aliphatic hydroxyl groups excluding tert-OH is 3. The highest BCUT2D eigenvalue weighted by Gasteiger charge is 2.30. The molecule has 0 saturated carbocycles. The summed E-state index contributed by atoms with van der Waals surface area (Å²) in [6.45, 7) is -0.912. The molecule has 0 radical (unpaired) electrons. The van der Waals surface area contributed by atoms with E-state index in [2.05, 4.69) is 0 Å². The molecule has 3 N–H and O–H groups in total. The molecule has 0 fully saturated rings. The average molecular weight is 217 g/mol. The van der Waals surface area contributed by atoms with Gasteiger partial charge in [0.25, 0.3) is 0 Å². The van der Waals surface area contributed by atoms with E-state index in [1.165, 1.54) is 0 Å². The first kappa shape index (κ1) is 11.5. The second-order valence-electron chi connectivity index (χ2n) is 3.26. The van der Waals surface area contributed by atoms with Gasteiger partial charge >= 0.3 is 0 Å². The monoisotopic (exact) mass is 216 g/mol. The molecule has 0 aliphatic heterocycles. The lowest BCUT2D eigenvalue weighted by Gasteiger charge is -2.27. The molecule has 1 rings (SSSR count). The molecule has 0 unspecified atom stereocenters. The molecular weight excluding hydrogens is 204 g/mol. The summed E-state index contributed by atoms with van der Waals surface area (Å²) in [5, 5.41) is 28.0. The first-order valence-electron chi connectivity index (χ1n) is 4.27. The van der Waals surface area contributed by atoms with Crippen LogP contribution in [0.1, 0.15) is 5.56 Å². The minimum atomic E-state index is -0.982. The van der Waals surface area contributed by atoms with Gasteiger partial charge in [0.05, 0.1) is 25.2 Å². The zero-order valence-electron chi connectivity index (χ0n) is 7.65. The van der Waals surface area contributed by atoms with E-state index in [1.54, 1.807) is 24.3 Å². The van der Waals surface area contributed by atoms with Crippen molar-refractivity contribution in [2.45, 2.75) is 5.41 Å². The van der Waals surface area contributed by atoms with Crippen LogP contribution in [0.5, 0.6) is 0 Å². The number of rotatable bonds is 4. The Bertz CT molecular complexity index is 272. The van der Waals surface area contributed by atoms with Crippen molar-refractivity contribution in [3.63, 3.8) is 0 Å². The van der Waals surface area contributed by atoms with E-state index in [-0.39, 0.29) is 19.8 Å². The first-order valence-corrected chi connectivity index (χ1v) is 4.65. The van der Waals surface area contributed by atoms with Gasteiger partial charge in [-0.05, 0) is 17.7 Å². The highest BCUT2D eigenvalue weighted by atomic mass is 35.5. The highest BCUT2D eigenvalue weighted by molar-refractivity contribution is 6.30. The van der Waals surface area contributed by atoms with Crippen molar-refractivity contribution in [3.8, 4) is 0 Å². The summed E-state index contributed by atoms with van der Waals surface area (Å²) in [5.41, 5.74) is -0.306. The zero-order chi connectivity index (χ0) is 10.6. The fourth-order valence-electron chi connectivity index (χ4n) is 1.23. The lowest BCUT2D eigenvalue weighted by atomic mass is 9.83. The SMILES string of the molecule is OCC(CO)(CO)c1ccc(Cl)cc1. The Hall–Kier alpha value is -0.610. The molecule has 0 bridgehead atoms. The van der Waals surface area contributed by atoms with Crippen molar-refractivity contribution in [3.05, 3.63) is 34.9 Å². The van der Waals surface area contributed by atoms with Crippen molar-refractivity contribution in [1.29, 1.82) is 0 Å². The Morgan fingerprint density at radius 1 is 0.929 bits per heavy atom. The number of hydrogen-bond donors (Lipinski definition) is 3. The molecule has 0 heterocycles. The average Bonchev–Trinajstić information content (AvgIpc) is 2.24. The minimum Gasteiger partial charge on any atom is -0.395 e. The molecule has 0 aliphatic carbocycles. The third-order valence-electron chi connectivity index (χ3n) is 2.36. The van der Waals surface area contributed by atoms with Crippen molar-refractivity contribution in [2.24, 2.45) is 0 Å². The number of hydrogen-bond acceptors (Lipinski definition) is 3. The van der Waals surface area contributed by atoms with E-state index in [1.807, 2.05) is 0 Å². The number of aliphatic hydroxyl groups is 3. The van der Waals surface area contributed by atoms with Crippen molar-refractivity contribution >= 4 is 11.6 Å². The van der Waals surface area contributed by atoms with Gasteiger partial charge in [-0.3, -0.25) is 0 Å². The molecule has 0 amide bonds. The van der Waals surface area contributed by atoms with Gasteiger partial charge in [0, 0.05) is 5.02 Å². The largest absolute Gasteiger partial charge is 0.395 e. The third-order valence-corrected chi connectivity index (χ3v) is 2.62. The summed E-state index contributed by atoms with van der Waals surface area (Å²) in [6.07, 6.45) is 0. The Morgan fingerprint density at radius 2 is 1.36 bits per heavy atom. The highest BCUT2D eigenvalue weighted by Crippen LogP contribution is 2.24. The van der Waals surface area contributed by atoms with Gasteiger partial charge in [-0.15, -0.1) is 0 Å². The van der Waals surface area contributed by atoms with Gasteiger partial charge in [0.15, 0.2) is 0 Å². The van der Waals surface area contributed by atoms with Crippen LogP contribution >= 0.6 is 11.6 Å². The lowest BCUT2D eigenvalue weighted by molar-refractivity contribution is 0.0641. The van der Waals surface area contributed by atoms with E-state index in [0.717, 1.165) is 0 Å². The molecule has 14 heavy (non-hydrogen) atoms. The van der Waals surface area contributed by atoms with Gasteiger partial charge in [0.2, 0.25) is 0 Å². The topological polar surface area (TPSA) is 60.7 Å². The van der Waals surface area contributed by atoms with Gasteiger partial charge in [-0.2, -0.15) is 0 Å². The van der Waals surface area contributed by atoms with Crippen LogP contribution in [-0.2, 0) is 5.41 Å². The summed E-state index contributed by atoms with van der Waals surface area (Å²) in [6, 6.07) is 6.69. The van der Waals surface area contributed by atoms with Crippen LogP contribution in [0.15, 0.2) is 24.3 Å². The minimum absolute atomic E-state index is 0.304. The van der Waals surface area contributed by atoms with Gasteiger partial charge < -0.3 is 15.3 Å². The fourth-order valence-corrected chi connectivity index (χ4v) is 1.35. The van der Waals surface area contributed by atoms with E-state index < -0.39 is 5.41 Å². The molecule has 78 valence electrons. The lowest BCUT2D eigenvalue weighted by Crippen LogP contribution is -2.38. The van der Waals surface area contributed by atoms with Crippen LogP contribution < -0.4 is 0 Å². The Kier molecular flexibility index (Phi) is 3.89. The van der Waals surface area contributed by atoms with E-state index >= 15 is 0 Å². The number of halogens is 1. The van der Waals surface area contributed by atoms with Crippen molar-refractivity contribution in [1.82, 2.24) is 0 Å². The fraction of sp³-hybridized carbons (Fsp3) is 0.400. The molecular formula is C10H13ClO3. The summed E-state index contributed by atoms with van der Waals surface area (Å²) >= 11 is 5.70. The summed E-state index contributed by atoms with van der Waals surface area (Å²) < 4.78 is 0. The quantitative estimate of drug-likeness (QED) is 0.689. The maximum Gasteiger partial charge on any atom is 0.0645 e. The third kappa shape index (κ3) is 2.07. The van der Waals surface area contributed by atoms with Gasteiger partial charge in [-0.25, -0.2) is 0 Å². The first-order chi connectivity index (χ1) is 6.68. The van der Waals surface area contributed by atoms with Crippen LogP contribution in [0.25, 0.3) is 0 Å². The van der Waals surface area contributed by atoms with E-state index in [0.29, 0.717) is 10.6 Å². The van der Waals surface area contributed by atoms with E-state index in [4.69, 9.17) is 26.9 Å². The van der Waals surface area contributed by atoms with Crippen LogP contribution in [0.3, 0.4) is 0 Å². The second kappa shape index (κ2) is 4.75. The van der Waals surface area contributed by atoms with Crippen LogP contribution in [0.2, 0.25) is 5.02 Å². The van der Waals surface area contributed by atoms with Crippen molar-refractivity contribution in [2.75, 3.05) is 19.8 Å². The zero-order valence-corrected chi connectivity index (χ0v) is 8.41. The van der Waals surface area contributed by atoms with Gasteiger partial charge in [0.1, 0.15) is 0 Å². The Labute approximate surface area is 87.6 Å². The second-order valence-corrected chi connectivity index (χ2v) is 3.70. The van der Waals surface area contributed by atoms with Gasteiger partial charge in [-0.1, -0.05) is 23.7 Å². The molecule has 0 saturated heterocycles. The smallest absolute Gasteiger partial charge is 0.0645 e. The summed E-state index contributed by atoms with van der Waals surface area (Å²) in [7, 11) is 0. The predicted molar refractivity (Wildman–Crippen MR) is 54.4 cm³/mol. The van der Waals surface area contributed by atoms with Crippen LogP contribution in [-0.4, -0.2) is 35.1 Å². The van der Waals surface area contributed by atoms with Crippen LogP contribution in [0.4, 0.5) is 0 Å². The predicted octanol–water partition coefficient (Wildman–Crippen LogP) is 0.555. The summed E-state index contributed by atoms with van der Waals surface area (Å²) in [5.74, 6) is 0. The maximum absolute atomic E-state index is 9.15. The molecule has 4 heteroatoms. The molecule has 1 aromatic carbocycles. The summed E-state index contributed by atoms with van der Waals surface area (Å²) in [4.78, 5) is 0.